The van der Waals surface area contributed by atoms with Crippen LogP contribution in [0.2, 0.25) is 1.41 Å². The van der Waals surface area contributed by atoms with E-state index in [-0.39, 0.29) is 17.2 Å². The van der Waals surface area contributed by atoms with E-state index in [0.29, 0.717) is 24.6 Å². The van der Waals surface area contributed by atoms with Crippen LogP contribution in [0.15, 0.2) is 10.7 Å². The van der Waals surface area contributed by atoms with E-state index in [2.05, 4.69) is 10.3 Å². The number of halogens is 3. The van der Waals surface area contributed by atoms with Gasteiger partial charge in [-0.2, -0.15) is 18.3 Å². The molecule has 0 radical (unpaired) electrons. The quantitative estimate of drug-likeness (QED) is 0.845. The fourth-order valence-corrected chi connectivity index (χ4v) is 2.45. The first-order valence-corrected chi connectivity index (χ1v) is 6.00. The molecule has 0 unspecified atom stereocenters. The first-order chi connectivity index (χ1) is 9.64. The maximum Gasteiger partial charge on any atom is 0.422 e. The van der Waals surface area contributed by atoms with E-state index in [1.807, 2.05) is 0 Å². The molecular formula is C12H12F3N3O2. The summed E-state index contributed by atoms with van der Waals surface area (Å²) in [7, 11) is 0. The van der Waals surface area contributed by atoms with Crippen LogP contribution < -0.4 is 0 Å². The minimum atomic E-state index is -4.86. The molecule has 0 saturated heterocycles. The lowest BCUT2D eigenvalue weighted by Crippen LogP contribution is -2.40. The molecule has 1 aliphatic rings. The number of hydrogen-bond donors (Lipinski definition) is 2. The Bertz CT molecular complexity index is 705. The number of nitrogens with zero attached hydrogens (tertiary/aromatic N) is 2. The summed E-state index contributed by atoms with van der Waals surface area (Å²) >= 11 is 0. The number of alkyl halides is 3. The van der Waals surface area contributed by atoms with Crippen molar-refractivity contribution < 1.29 is 24.2 Å². The van der Waals surface area contributed by atoms with Gasteiger partial charge in [-0.05, 0) is 19.3 Å². The SMILES string of the molecule is [2H]n1ncc2c1C[C@H](C)c1c([C@@](C)(O)C(F)(F)F)noc1-2. The van der Waals surface area contributed by atoms with Crippen LogP contribution in [-0.2, 0) is 12.0 Å². The Balaban J connectivity index is 2.21. The van der Waals surface area contributed by atoms with Crippen LogP contribution in [0, 0.1) is 0 Å². The van der Waals surface area contributed by atoms with Gasteiger partial charge in [0, 0.05) is 11.3 Å². The molecule has 3 rings (SSSR count). The molecule has 0 spiro atoms. The second-order valence-electron chi connectivity index (χ2n) is 5.15. The van der Waals surface area contributed by atoms with E-state index in [1.54, 1.807) is 6.92 Å². The Morgan fingerprint density at radius 3 is 2.90 bits per heavy atom. The van der Waals surface area contributed by atoms with Crippen molar-refractivity contribution in [1.29, 1.82) is 0 Å². The maximum absolute atomic E-state index is 13.0. The highest BCUT2D eigenvalue weighted by Gasteiger charge is 2.55. The summed E-state index contributed by atoms with van der Waals surface area (Å²) in [5.41, 5.74) is -2.41. The summed E-state index contributed by atoms with van der Waals surface area (Å²) in [6.07, 6.45) is -3.18. The number of aromatic amines is 1. The van der Waals surface area contributed by atoms with Gasteiger partial charge in [0.05, 0.1) is 11.8 Å². The van der Waals surface area contributed by atoms with E-state index >= 15 is 0 Å². The molecule has 2 N–H and O–H groups in total. The molecule has 0 aromatic carbocycles. The topological polar surface area (TPSA) is 74.9 Å². The van der Waals surface area contributed by atoms with Crippen LogP contribution >= 0.6 is 0 Å². The molecule has 5 nitrogen and oxygen atoms in total. The highest BCUT2D eigenvalue weighted by molar-refractivity contribution is 5.68. The molecule has 2 aromatic rings. The summed E-state index contributed by atoms with van der Waals surface area (Å²) < 4.78 is 51.7. The van der Waals surface area contributed by atoms with Gasteiger partial charge >= 0.3 is 6.18 Å². The molecule has 0 bridgehead atoms. The van der Waals surface area contributed by atoms with Crippen LogP contribution in [0.25, 0.3) is 11.3 Å². The lowest BCUT2D eigenvalue weighted by atomic mass is 9.82. The van der Waals surface area contributed by atoms with Crippen molar-refractivity contribution in [3.63, 3.8) is 0 Å². The zero-order valence-electron chi connectivity index (χ0n) is 11.7. The van der Waals surface area contributed by atoms with Gasteiger partial charge in [0.1, 0.15) is 5.69 Å². The number of hydrogen-bond acceptors (Lipinski definition) is 4. The fourth-order valence-electron chi connectivity index (χ4n) is 2.45. The zero-order chi connectivity index (χ0) is 15.6. The Kier molecular flexibility index (Phi) is 2.30. The van der Waals surface area contributed by atoms with Crippen LogP contribution in [0.5, 0.6) is 0 Å². The van der Waals surface area contributed by atoms with Crippen molar-refractivity contribution >= 4 is 0 Å². The van der Waals surface area contributed by atoms with Gasteiger partial charge < -0.3 is 9.63 Å². The van der Waals surface area contributed by atoms with Crippen LogP contribution in [-0.4, -0.2) is 26.6 Å². The Morgan fingerprint density at radius 2 is 2.25 bits per heavy atom. The maximum atomic E-state index is 13.0. The molecule has 0 aliphatic heterocycles. The van der Waals surface area contributed by atoms with Crippen LogP contribution in [0.3, 0.4) is 0 Å². The molecule has 2 atom stereocenters. The summed E-state index contributed by atoms with van der Waals surface area (Å²) in [5, 5.41) is 18.0. The fraction of sp³-hybridized carbons (Fsp3) is 0.500. The third kappa shape index (κ3) is 1.60. The molecular weight excluding hydrogens is 275 g/mol. The van der Waals surface area contributed by atoms with Gasteiger partial charge in [0.25, 0.3) is 0 Å². The van der Waals surface area contributed by atoms with E-state index in [4.69, 9.17) is 5.93 Å². The minimum absolute atomic E-state index is 0.141. The first-order valence-electron chi connectivity index (χ1n) is 6.45. The van der Waals surface area contributed by atoms with E-state index in [0.717, 1.165) is 5.09 Å². The summed E-state index contributed by atoms with van der Waals surface area (Å²) in [6, 6.07) is 0. The third-order valence-electron chi connectivity index (χ3n) is 3.65. The number of H-pyrrole nitrogens is 1. The Morgan fingerprint density at radius 1 is 1.55 bits per heavy atom. The van der Waals surface area contributed by atoms with E-state index < -0.39 is 17.5 Å². The predicted molar refractivity (Wildman–Crippen MR) is 61.8 cm³/mol. The van der Waals surface area contributed by atoms with E-state index in [9.17, 15) is 18.3 Å². The van der Waals surface area contributed by atoms with Gasteiger partial charge in [0.2, 0.25) is 5.60 Å². The van der Waals surface area contributed by atoms with Gasteiger partial charge in [-0.1, -0.05) is 12.1 Å². The lowest BCUT2D eigenvalue weighted by molar-refractivity contribution is -0.261. The van der Waals surface area contributed by atoms with Gasteiger partial charge in [-0.3, -0.25) is 5.09 Å². The minimum Gasteiger partial charge on any atom is -0.375 e. The summed E-state index contributed by atoms with van der Waals surface area (Å²) in [4.78, 5) is 0. The Hall–Kier alpha value is -1.83. The van der Waals surface area contributed by atoms with Crippen LogP contribution in [0.1, 0.15) is 36.7 Å². The molecule has 20 heavy (non-hydrogen) atoms. The third-order valence-corrected chi connectivity index (χ3v) is 3.65. The molecule has 0 amide bonds. The van der Waals surface area contributed by atoms with E-state index in [1.165, 1.54) is 6.20 Å². The predicted octanol–water partition coefficient (Wildman–Crippen LogP) is 2.49. The molecule has 2 heterocycles. The molecule has 1 aliphatic carbocycles. The monoisotopic (exact) mass is 288 g/mol. The van der Waals surface area contributed by atoms with Gasteiger partial charge in [0.15, 0.2) is 7.17 Å². The number of nitrogens with one attached hydrogen (secondary N) is 1. The molecule has 2 aromatic heterocycles. The molecule has 0 saturated carbocycles. The van der Waals surface area contributed by atoms with Crippen molar-refractivity contribution in [2.24, 2.45) is 0 Å². The number of aromatic nitrogens is 3. The number of fused-ring (bicyclic) bond motifs is 3. The van der Waals surface area contributed by atoms with Gasteiger partial charge in [-0.15, -0.1) is 0 Å². The smallest absolute Gasteiger partial charge is 0.375 e. The number of aliphatic hydroxyl groups is 1. The molecule has 108 valence electrons. The highest BCUT2D eigenvalue weighted by Crippen LogP contribution is 2.47. The average molecular weight is 288 g/mol. The van der Waals surface area contributed by atoms with Crippen molar-refractivity contribution in [2.45, 2.75) is 38.0 Å². The van der Waals surface area contributed by atoms with Crippen molar-refractivity contribution in [3.05, 3.63) is 23.1 Å². The molecule has 8 heteroatoms. The number of rotatable bonds is 1. The normalized spacial score (nSPS) is 21.9. The second kappa shape index (κ2) is 3.85. The van der Waals surface area contributed by atoms with Crippen molar-refractivity contribution in [2.75, 3.05) is 0 Å². The average Bonchev–Trinajstić information content (AvgIpc) is 2.93. The highest BCUT2D eigenvalue weighted by atomic mass is 19.4. The largest absolute Gasteiger partial charge is 0.422 e. The standard InChI is InChI=1S/C12H12F3N3O2/c1-5-3-7-6(4-16-17-7)9-8(5)10(18-20-9)11(2,19)12(13,14)15/h4-5,19H,3H2,1-2H3,(H,16,17)/t5-,11+/m0/s1/i/hD. The van der Waals surface area contributed by atoms with Crippen molar-refractivity contribution in [1.82, 2.24) is 15.3 Å². The first kappa shape index (κ1) is 12.0. The zero-order valence-corrected chi connectivity index (χ0v) is 10.7. The summed E-state index contributed by atoms with van der Waals surface area (Å²) in [5.74, 6) is -0.231. The molecule has 0 fully saturated rings. The summed E-state index contributed by atoms with van der Waals surface area (Å²) in [6.45, 7) is 2.35. The van der Waals surface area contributed by atoms with Crippen LogP contribution in [0.4, 0.5) is 13.2 Å². The van der Waals surface area contributed by atoms with Gasteiger partial charge in [-0.25, -0.2) is 0 Å². The lowest BCUT2D eigenvalue weighted by Gasteiger charge is -2.27. The second-order valence-corrected chi connectivity index (χ2v) is 5.15. The Labute approximate surface area is 113 Å². The van der Waals surface area contributed by atoms with Crippen molar-refractivity contribution in [3.8, 4) is 11.3 Å².